The van der Waals surface area contributed by atoms with Crippen molar-refractivity contribution in [3.63, 3.8) is 0 Å². The van der Waals surface area contributed by atoms with Gasteiger partial charge in [-0.2, -0.15) is 10.5 Å². The molecule has 0 saturated carbocycles. The first-order chi connectivity index (χ1) is 21.5. The van der Waals surface area contributed by atoms with Crippen LogP contribution in [0.4, 0.5) is 11.4 Å². The number of carbonyl (C=O) groups is 1. The molecule has 0 spiro atoms. The molecule has 9 heteroatoms. The molecule has 4 aromatic rings. The van der Waals surface area contributed by atoms with E-state index in [1.54, 1.807) is 11.1 Å². The second-order valence-electron chi connectivity index (χ2n) is 11.1. The number of aryl methyl sites for hydroxylation is 1. The lowest BCUT2D eigenvalue weighted by Gasteiger charge is -2.43. The number of benzene rings is 2. The zero-order chi connectivity index (χ0) is 30.6. The molecule has 2 aliphatic heterocycles. The molecule has 2 aliphatic rings. The molecule has 1 unspecified atom stereocenters. The van der Waals surface area contributed by atoms with Crippen LogP contribution in [0.1, 0.15) is 34.5 Å². The molecule has 0 N–H and O–H groups in total. The highest BCUT2D eigenvalue weighted by Crippen LogP contribution is 2.40. The van der Waals surface area contributed by atoms with E-state index >= 15 is 0 Å². The lowest BCUT2D eigenvalue weighted by atomic mass is 9.95. The van der Waals surface area contributed by atoms with E-state index in [4.69, 9.17) is 9.72 Å². The van der Waals surface area contributed by atoms with Crippen LogP contribution in [0.25, 0.3) is 10.8 Å². The minimum absolute atomic E-state index is 0.172. The van der Waals surface area contributed by atoms with E-state index < -0.39 is 0 Å². The molecule has 44 heavy (non-hydrogen) atoms. The van der Waals surface area contributed by atoms with E-state index in [-0.39, 0.29) is 30.9 Å². The number of amides is 1. The van der Waals surface area contributed by atoms with Crippen molar-refractivity contribution in [2.75, 3.05) is 36.0 Å². The van der Waals surface area contributed by atoms with Crippen molar-refractivity contribution in [3.8, 4) is 18.0 Å². The molecule has 6 rings (SSSR count). The van der Waals surface area contributed by atoms with Crippen LogP contribution in [0.2, 0.25) is 0 Å². The van der Waals surface area contributed by atoms with Gasteiger partial charge in [0.05, 0.1) is 42.2 Å². The van der Waals surface area contributed by atoms with E-state index in [1.165, 1.54) is 22.4 Å². The van der Waals surface area contributed by atoms with Gasteiger partial charge in [0, 0.05) is 49.0 Å². The molecule has 1 saturated heterocycles. The summed E-state index contributed by atoms with van der Waals surface area (Å²) in [6.07, 6.45) is 3.87. The van der Waals surface area contributed by atoms with Gasteiger partial charge < -0.3 is 19.4 Å². The third-order valence-corrected chi connectivity index (χ3v) is 8.50. The van der Waals surface area contributed by atoms with Gasteiger partial charge in [0.25, 0.3) is 0 Å². The summed E-state index contributed by atoms with van der Waals surface area (Å²) in [5, 5.41) is 22.5. The number of hydrogen-bond acceptors (Lipinski definition) is 8. The summed E-state index contributed by atoms with van der Waals surface area (Å²) in [6, 6.07) is 22.6. The molecule has 2 aromatic carbocycles. The third kappa shape index (κ3) is 5.41. The molecular weight excluding hydrogens is 550 g/mol. The Morgan fingerprint density at radius 3 is 2.68 bits per heavy atom. The normalized spacial score (nSPS) is 16.2. The molecule has 1 atom stereocenters. The number of fused-ring (bicyclic) bond motifs is 2. The largest absolute Gasteiger partial charge is 0.470 e. The first kappa shape index (κ1) is 28.7. The first-order valence-electron chi connectivity index (χ1n) is 14.8. The van der Waals surface area contributed by atoms with E-state index in [1.807, 2.05) is 18.2 Å². The Labute approximate surface area is 257 Å². The molecule has 1 fully saturated rings. The lowest BCUT2D eigenvalue weighted by Crippen LogP contribution is -2.55. The highest BCUT2D eigenvalue weighted by atomic mass is 16.5. The van der Waals surface area contributed by atoms with Crippen LogP contribution >= 0.6 is 0 Å². The predicted octanol–water partition coefficient (Wildman–Crippen LogP) is 5.07. The number of hydrogen-bond donors (Lipinski definition) is 0. The summed E-state index contributed by atoms with van der Waals surface area (Å²) in [5.74, 6) is 0.0758. The third-order valence-electron chi connectivity index (χ3n) is 8.50. The van der Waals surface area contributed by atoms with Crippen molar-refractivity contribution in [3.05, 3.63) is 102 Å². The van der Waals surface area contributed by atoms with Gasteiger partial charge in [-0.25, -0.2) is 4.98 Å². The molecule has 0 radical (unpaired) electrons. The quantitative estimate of drug-likeness (QED) is 0.278. The minimum atomic E-state index is -0.328. The summed E-state index contributed by atoms with van der Waals surface area (Å²) in [7, 11) is 0. The summed E-state index contributed by atoms with van der Waals surface area (Å²) in [6.45, 7) is 8.61. The first-order valence-corrected chi connectivity index (χ1v) is 14.8. The van der Waals surface area contributed by atoms with Gasteiger partial charge in [-0.15, -0.1) is 0 Å². The number of piperazine rings is 1. The molecule has 220 valence electrons. The Bertz CT molecular complexity index is 1800. The maximum absolute atomic E-state index is 12.6. The van der Waals surface area contributed by atoms with Crippen LogP contribution < -0.4 is 14.5 Å². The number of carbonyl (C=O) groups excluding carboxylic acids is 1. The summed E-state index contributed by atoms with van der Waals surface area (Å²) in [4.78, 5) is 28.1. The molecule has 0 bridgehead atoms. The minimum Gasteiger partial charge on any atom is -0.470 e. The molecule has 9 nitrogen and oxygen atoms in total. The fraction of sp³-hybridized carbons (Fsp3) is 0.286. The smallest absolute Gasteiger partial charge is 0.246 e. The number of pyridine rings is 2. The second kappa shape index (κ2) is 12.4. The van der Waals surface area contributed by atoms with Crippen LogP contribution in [0, 0.1) is 29.6 Å². The van der Waals surface area contributed by atoms with Crippen molar-refractivity contribution in [2.24, 2.45) is 0 Å². The van der Waals surface area contributed by atoms with Crippen molar-refractivity contribution < 1.29 is 9.53 Å². The van der Waals surface area contributed by atoms with Gasteiger partial charge in [0.2, 0.25) is 11.8 Å². The van der Waals surface area contributed by atoms with Gasteiger partial charge in [-0.3, -0.25) is 9.78 Å². The average Bonchev–Trinajstić information content (AvgIpc) is 3.06. The molecule has 1 amide bonds. The van der Waals surface area contributed by atoms with Crippen LogP contribution in [0.5, 0.6) is 5.88 Å². The molecule has 0 aliphatic carbocycles. The fourth-order valence-electron chi connectivity index (χ4n) is 6.44. The summed E-state index contributed by atoms with van der Waals surface area (Å²) < 4.78 is 6.22. The van der Waals surface area contributed by atoms with Gasteiger partial charge in [-0.05, 0) is 48.6 Å². The van der Waals surface area contributed by atoms with E-state index in [0.717, 1.165) is 34.9 Å². The van der Waals surface area contributed by atoms with E-state index in [0.29, 0.717) is 38.2 Å². The number of nitrogens with zero attached hydrogens (tertiary/aromatic N) is 7. The Morgan fingerprint density at radius 1 is 1.09 bits per heavy atom. The lowest BCUT2D eigenvalue weighted by molar-refractivity contribution is -0.128. The summed E-state index contributed by atoms with van der Waals surface area (Å²) in [5.41, 5.74) is 6.13. The predicted molar refractivity (Wildman–Crippen MR) is 169 cm³/mol. The van der Waals surface area contributed by atoms with Crippen molar-refractivity contribution in [1.82, 2.24) is 14.9 Å². The maximum atomic E-state index is 12.6. The maximum Gasteiger partial charge on any atom is 0.246 e. The van der Waals surface area contributed by atoms with Crippen LogP contribution in [0.15, 0.2) is 73.4 Å². The van der Waals surface area contributed by atoms with Crippen LogP contribution in [-0.4, -0.2) is 53.0 Å². The van der Waals surface area contributed by atoms with Gasteiger partial charge in [0.15, 0.2) is 0 Å². The SMILES string of the molecule is C=CC(=O)N1CCN(c2c(C#N)c(OCc3ccccn3)nc3c2CCN(c2cccc4cccc(C)c24)C3)CC1CC#N. The number of anilines is 2. The molecular formula is C35H33N7O2. The van der Waals surface area contributed by atoms with Crippen molar-refractivity contribution >= 4 is 28.1 Å². The summed E-state index contributed by atoms with van der Waals surface area (Å²) >= 11 is 0. The Hall–Kier alpha value is -5.41. The fourth-order valence-corrected chi connectivity index (χ4v) is 6.44. The van der Waals surface area contributed by atoms with Crippen molar-refractivity contribution in [1.29, 1.82) is 10.5 Å². The second-order valence-corrected chi connectivity index (χ2v) is 11.1. The molecule has 2 aromatic heterocycles. The highest BCUT2D eigenvalue weighted by molar-refractivity contribution is 5.97. The number of ether oxygens (including phenoxy) is 1. The van der Waals surface area contributed by atoms with E-state index in [2.05, 4.69) is 76.8 Å². The Balaban J connectivity index is 1.42. The topological polar surface area (TPSA) is 109 Å². The zero-order valence-corrected chi connectivity index (χ0v) is 24.7. The van der Waals surface area contributed by atoms with Crippen LogP contribution in [-0.2, 0) is 24.4 Å². The van der Waals surface area contributed by atoms with Gasteiger partial charge in [0.1, 0.15) is 18.2 Å². The highest BCUT2D eigenvalue weighted by Gasteiger charge is 2.35. The Morgan fingerprint density at radius 2 is 1.93 bits per heavy atom. The number of aromatic nitrogens is 2. The molecule has 4 heterocycles. The van der Waals surface area contributed by atoms with Crippen LogP contribution in [0.3, 0.4) is 0 Å². The number of nitriles is 2. The van der Waals surface area contributed by atoms with E-state index in [9.17, 15) is 15.3 Å². The van der Waals surface area contributed by atoms with Gasteiger partial charge in [-0.1, -0.05) is 43.0 Å². The van der Waals surface area contributed by atoms with Crippen molar-refractivity contribution in [2.45, 2.75) is 39.0 Å². The zero-order valence-electron chi connectivity index (χ0n) is 24.7. The Kier molecular flexibility index (Phi) is 8.12. The van der Waals surface area contributed by atoms with Gasteiger partial charge >= 0.3 is 0 Å². The monoisotopic (exact) mass is 583 g/mol. The number of rotatable bonds is 7. The average molecular weight is 584 g/mol. The standard InChI is InChI=1S/C35H33N7O2/c1-3-32(43)42-19-18-41(21-27(42)13-15-36)34-28-14-17-40(31-12-7-10-25-9-6-8-24(2)33(25)31)22-30(28)39-35(29(34)20-37)44-23-26-11-4-5-16-38-26/h3-12,16,27H,1,13-14,17-19,21-23H2,2H3.